The maximum atomic E-state index is 12.3. The minimum absolute atomic E-state index is 0.197. The Labute approximate surface area is 176 Å². The predicted molar refractivity (Wildman–Crippen MR) is 109 cm³/mol. The van der Waals surface area contributed by atoms with Crippen LogP contribution in [-0.4, -0.2) is 50.6 Å². The molecule has 158 valence electrons. The van der Waals surface area contributed by atoms with Crippen molar-refractivity contribution in [1.29, 1.82) is 0 Å². The molecule has 3 heterocycles. The first-order valence-corrected chi connectivity index (χ1v) is 10.1. The molecule has 30 heavy (non-hydrogen) atoms. The highest BCUT2D eigenvalue weighted by Crippen LogP contribution is 2.34. The number of hydrogen-bond donors (Lipinski definition) is 1. The third-order valence-electron chi connectivity index (χ3n) is 4.25. The molecule has 0 aliphatic heterocycles. The van der Waals surface area contributed by atoms with Crippen molar-refractivity contribution in [3.63, 3.8) is 0 Å². The summed E-state index contributed by atoms with van der Waals surface area (Å²) in [5.74, 6) is -1.88. The smallest absolute Gasteiger partial charge is 0.378 e. The number of esters is 2. The van der Waals surface area contributed by atoms with Crippen LogP contribution >= 0.6 is 11.3 Å². The molecular formula is C19H21N5O5S. The lowest BCUT2D eigenvalue weighted by atomic mass is 10.1. The number of amides is 1. The van der Waals surface area contributed by atoms with Crippen molar-refractivity contribution in [3.8, 4) is 0 Å². The van der Waals surface area contributed by atoms with Crippen molar-refractivity contribution >= 4 is 40.0 Å². The van der Waals surface area contributed by atoms with Gasteiger partial charge in [-0.05, 0) is 38.8 Å². The van der Waals surface area contributed by atoms with Crippen molar-refractivity contribution in [2.24, 2.45) is 0 Å². The van der Waals surface area contributed by atoms with Gasteiger partial charge in [0, 0.05) is 16.8 Å². The maximum absolute atomic E-state index is 12.3. The van der Waals surface area contributed by atoms with Crippen LogP contribution in [0.4, 0.5) is 5.00 Å². The molecule has 1 N–H and O–H groups in total. The van der Waals surface area contributed by atoms with Gasteiger partial charge in [0.2, 0.25) is 0 Å². The summed E-state index contributed by atoms with van der Waals surface area (Å²) in [5.41, 5.74) is 1.84. The average Bonchev–Trinajstić information content (AvgIpc) is 3.28. The van der Waals surface area contributed by atoms with Crippen LogP contribution in [0.25, 0.3) is 5.78 Å². The SMILES string of the molecule is CCOC(=O)c1c(NC(=O)COC(=O)c2nc3nccc(C)n3n2)sc(CC)c1C. The van der Waals surface area contributed by atoms with Crippen molar-refractivity contribution in [1.82, 2.24) is 19.6 Å². The second-order valence-corrected chi connectivity index (χ2v) is 7.39. The Morgan fingerprint density at radius 2 is 1.93 bits per heavy atom. The summed E-state index contributed by atoms with van der Waals surface area (Å²) in [6.45, 7) is 6.94. The van der Waals surface area contributed by atoms with Crippen LogP contribution < -0.4 is 5.32 Å². The molecule has 10 nitrogen and oxygen atoms in total. The van der Waals surface area contributed by atoms with Crippen LogP contribution in [0.1, 0.15) is 51.0 Å². The zero-order valence-electron chi connectivity index (χ0n) is 17.0. The summed E-state index contributed by atoms with van der Waals surface area (Å²) >= 11 is 1.29. The first-order chi connectivity index (χ1) is 14.3. The summed E-state index contributed by atoms with van der Waals surface area (Å²) in [5, 5.41) is 7.04. The van der Waals surface area contributed by atoms with Gasteiger partial charge in [-0.1, -0.05) is 6.92 Å². The molecule has 1 amide bonds. The minimum atomic E-state index is -0.850. The number of hydrogen-bond acceptors (Lipinski definition) is 9. The van der Waals surface area contributed by atoms with Gasteiger partial charge in [-0.3, -0.25) is 4.79 Å². The van der Waals surface area contributed by atoms with Crippen molar-refractivity contribution < 1.29 is 23.9 Å². The molecule has 0 bridgehead atoms. The largest absolute Gasteiger partial charge is 0.462 e. The fourth-order valence-corrected chi connectivity index (χ4v) is 3.94. The lowest BCUT2D eigenvalue weighted by Crippen LogP contribution is -2.22. The van der Waals surface area contributed by atoms with E-state index in [1.54, 1.807) is 26.1 Å². The van der Waals surface area contributed by atoms with Crippen molar-refractivity contribution in [2.75, 3.05) is 18.5 Å². The van der Waals surface area contributed by atoms with Gasteiger partial charge < -0.3 is 14.8 Å². The van der Waals surface area contributed by atoms with Gasteiger partial charge in [-0.2, -0.15) is 4.98 Å². The van der Waals surface area contributed by atoms with Crippen LogP contribution in [0.3, 0.4) is 0 Å². The van der Waals surface area contributed by atoms with Gasteiger partial charge in [0.1, 0.15) is 5.00 Å². The van der Waals surface area contributed by atoms with E-state index in [9.17, 15) is 14.4 Å². The fraction of sp³-hybridized carbons (Fsp3) is 0.368. The standard InChI is InChI=1S/C19H21N5O5S/c1-5-12-11(4)14(17(26)28-6-2)16(30-12)21-13(25)9-29-18(27)15-22-19-20-8-7-10(3)24(19)23-15/h7-8H,5-6,9H2,1-4H3,(H,21,25). The van der Waals surface area contributed by atoms with E-state index in [1.165, 1.54) is 15.9 Å². The van der Waals surface area contributed by atoms with Gasteiger partial charge in [0.15, 0.2) is 6.61 Å². The highest BCUT2D eigenvalue weighted by molar-refractivity contribution is 7.17. The molecule has 3 rings (SSSR count). The van der Waals surface area contributed by atoms with E-state index in [0.717, 1.165) is 16.1 Å². The van der Waals surface area contributed by atoms with E-state index in [-0.39, 0.29) is 18.2 Å². The van der Waals surface area contributed by atoms with E-state index in [4.69, 9.17) is 9.47 Å². The molecule has 11 heteroatoms. The molecule has 0 aliphatic carbocycles. The highest BCUT2D eigenvalue weighted by atomic mass is 32.1. The number of rotatable bonds is 7. The molecule has 0 aromatic carbocycles. The molecule has 0 atom stereocenters. The zero-order valence-corrected chi connectivity index (χ0v) is 17.8. The van der Waals surface area contributed by atoms with Gasteiger partial charge in [0.05, 0.1) is 12.2 Å². The molecule has 3 aromatic heterocycles. The Balaban J connectivity index is 1.69. The molecule has 0 radical (unpaired) electrons. The third-order valence-corrected chi connectivity index (χ3v) is 5.60. The van der Waals surface area contributed by atoms with E-state index < -0.39 is 24.5 Å². The number of thiophene rings is 1. The van der Waals surface area contributed by atoms with Crippen LogP contribution in [0, 0.1) is 13.8 Å². The van der Waals surface area contributed by atoms with Crippen LogP contribution in [0.5, 0.6) is 0 Å². The Morgan fingerprint density at radius 3 is 2.60 bits per heavy atom. The summed E-state index contributed by atoms with van der Waals surface area (Å²) in [4.78, 5) is 45.8. The number of anilines is 1. The summed E-state index contributed by atoms with van der Waals surface area (Å²) in [6.07, 6.45) is 2.26. The quantitative estimate of drug-likeness (QED) is 0.565. The number of fused-ring (bicyclic) bond motifs is 1. The number of carbonyl (C=O) groups is 3. The number of carbonyl (C=O) groups excluding carboxylic acids is 3. The summed E-state index contributed by atoms with van der Waals surface area (Å²) in [6, 6.07) is 1.72. The number of ether oxygens (including phenoxy) is 2. The van der Waals surface area contributed by atoms with Crippen molar-refractivity contribution in [2.45, 2.75) is 34.1 Å². The molecule has 0 unspecified atom stereocenters. The van der Waals surface area contributed by atoms with Gasteiger partial charge in [-0.15, -0.1) is 16.4 Å². The predicted octanol–water partition coefficient (Wildman–Crippen LogP) is 2.34. The fourth-order valence-electron chi connectivity index (χ4n) is 2.79. The normalized spacial score (nSPS) is 10.8. The highest BCUT2D eigenvalue weighted by Gasteiger charge is 2.24. The van der Waals surface area contributed by atoms with Gasteiger partial charge in [-0.25, -0.2) is 19.1 Å². The Morgan fingerprint density at radius 1 is 1.17 bits per heavy atom. The van der Waals surface area contributed by atoms with Crippen LogP contribution in [0.2, 0.25) is 0 Å². The minimum Gasteiger partial charge on any atom is -0.462 e. The second kappa shape index (κ2) is 8.99. The van der Waals surface area contributed by atoms with E-state index in [1.807, 2.05) is 13.8 Å². The Bertz CT molecular complexity index is 1120. The molecule has 0 fully saturated rings. The van der Waals surface area contributed by atoms with E-state index >= 15 is 0 Å². The zero-order chi connectivity index (χ0) is 21.8. The topological polar surface area (TPSA) is 125 Å². The van der Waals surface area contributed by atoms with Crippen LogP contribution in [0.15, 0.2) is 12.3 Å². The number of nitrogens with zero attached hydrogens (tertiary/aromatic N) is 4. The van der Waals surface area contributed by atoms with Gasteiger partial charge in [0.25, 0.3) is 17.5 Å². The third kappa shape index (κ3) is 4.30. The average molecular weight is 431 g/mol. The number of aryl methyl sites for hydroxylation is 2. The molecule has 0 saturated carbocycles. The van der Waals surface area contributed by atoms with E-state index in [0.29, 0.717) is 17.0 Å². The lowest BCUT2D eigenvalue weighted by Gasteiger charge is -2.07. The molecule has 0 saturated heterocycles. The monoisotopic (exact) mass is 431 g/mol. The van der Waals surface area contributed by atoms with E-state index in [2.05, 4.69) is 20.4 Å². The molecular weight excluding hydrogens is 410 g/mol. The number of aromatic nitrogens is 4. The first kappa shape index (κ1) is 21.4. The van der Waals surface area contributed by atoms with Crippen molar-refractivity contribution in [3.05, 3.63) is 39.8 Å². The van der Waals surface area contributed by atoms with Gasteiger partial charge >= 0.3 is 11.9 Å². The maximum Gasteiger partial charge on any atom is 0.378 e. The molecule has 0 spiro atoms. The first-order valence-electron chi connectivity index (χ1n) is 9.30. The number of nitrogens with one attached hydrogen (secondary N) is 1. The second-order valence-electron chi connectivity index (χ2n) is 6.29. The summed E-state index contributed by atoms with van der Waals surface area (Å²) < 4.78 is 11.5. The Hall–Kier alpha value is -3.34. The lowest BCUT2D eigenvalue weighted by molar-refractivity contribution is -0.119. The Kier molecular flexibility index (Phi) is 6.40. The molecule has 3 aromatic rings. The summed E-state index contributed by atoms with van der Waals surface area (Å²) in [7, 11) is 0. The molecule has 0 aliphatic rings. The van der Waals surface area contributed by atoms with Crippen LogP contribution in [-0.2, 0) is 20.7 Å².